The van der Waals surface area contributed by atoms with Gasteiger partial charge in [0.2, 0.25) is 0 Å². The summed E-state index contributed by atoms with van der Waals surface area (Å²) in [5, 5.41) is 0. The van der Waals surface area contributed by atoms with Crippen molar-refractivity contribution in [2.45, 2.75) is 71.3 Å². The van der Waals surface area contributed by atoms with Crippen LogP contribution in [0.15, 0.2) is 12.7 Å². The van der Waals surface area contributed by atoms with Crippen molar-refractivity contribution < 1.29 is 9.53 Å². The van der Waals surface area contributed by atoms with E-state index < -0.39 is 5.60 Å². The Hall–Kier alpha value is -0.990. The summed E-state index contributed by atoms with van der Waals surface area (Å²) in [5.41, 5.74) is -0.428. The van der Waals surface area contributed by atoms with Gasteiger partial charge in [-0.2, -0.15) is 0 Å². The first-order chi connectivity index (χ1) is 9.81. The van der Waals surface area contributed by atoms with Gasteiger partial charge in [0.05, 0.1) is 0 Å². The Morgan fingerprint density at radius 3 is 2.48 bits per heavy atom. The van der Waals surface area contributed by atoms with Crippen LogP contribution in [0.5, 0.6) is 0 Å². The van der Waals surface area contributed by atoms with Gasteiger partial charge >= 0.3 is 6.09 Å². The molecule has 1 aliphatic rings. The fourth-order valence-corrected chi connectivity index (χ4v) is 3.18. The highest BCUT2D eigenvalue weighted by Gasteiger charge is 2.24. The summed E-state index contributed by atoms with van der Waals surface area (Å²) in [4.78, 5) is 13.8. The molecule has 3 nitrogen and oxygen atoms in total. The van der Waals surface area contributed by atoms with Crippen LogP contribution in [0, 0.1) is 11.8 Å². The van der Waals surface area contributed by atoms with Crippen LogP contribution in [-0.2, 0) is 4.74 Å². The Morgan fingerprint density at radius 2 is 1.95 bits per heavy atom. The normalized spacial score (nSPS) is 18.1. The molecule has 21 heavy (non-hydrogen) atoms. The lowest BCUT2D eigenvalue weighted by Crippen LogP contribution is -2.37. The molecule has 0 bridgehead atoms. The van der Waals surface area contributed by atoms with E-state index in [1.165, 1.54) is 38.5 Å². The lowest BCUT2D eigenvalue weighted by molar-refractivity contribution is 0.0265. The van der Waals surface area contributed by atoms with E-state index in [1.807, 2.05) is 33.9 Å². The first-order valence-corrected chi connectivity index (χ1v) is 8.37. The maximum Gasteiger partial charge on any atom is 0.410 e. The van der Waals surface area contributed by atoms with Gasteiger partial charge in [0, 0.05) is 13.6 Å². The highest BCUT2D eigenvalue weighted by atomic mass is 16.6. The third-order valence-corrected chi connectivity index (χ3v) is 4.13. The second-order valence-corrected chi connectivity index (χ2v) is 7.49. The standard InChI is InChI=1S/C18H33NO2/c1-6-10-16(13-15-11-8-7-9-12-15)14-19(5)17(20)21-18(2,3)4/h6,15-16H,1,7-14H2,2-5H3/t16-/m0/s1. The smallest absolute Gasteiger partial charge is 0.410 e. The second kappa shape index (κ2) is 8.45. The molecule has 1 aliphatic carbocycles. The van der Waals surface area contributed by atoms with Gasteiger partial charge in [-0.15, -0.1) is 6.58 Å². The third kappa shape index (κ3) is 7.54. The van der Waals surface area contributed by atoms with E-state index in [9.17, 15) is 4.79 Å². The number of nitrogens with zero attached hydrogens (tertiary/aromatic N) is 1. The fraction of sp³-hybridized carbons (Fsp3) is 0.833. The molecule has 0 spiro atoms. The highest BCUT2D eigenvalue weighted by Crippen LogP contribution is 2.30. The van der Waals surface area contributed by atoms with Crippen molar-refractivity contribution in [3.8, 4) is 0 Å². The predicted molar refractivity (Wildman–Crippen MR) is 88.4 cm³/mol. The Labute approximate surface area is 130 Å². The molecular formula is C18H33NO2. The minimum Gasteiger partial charge on any atom is -0.444 e. The molecule has 0 unspecified atom stereocenters. The van der Waals surface area contributed by atoms with Crippen LogP contribution >= 0.6 is 0 Å². The van der Waals surface area contributed by atoms with Gasteiger partial charge in [-0.1, -0.05) is 38.2 Å². The van der Waals surface area contributed by atoms with E-state index in [0.717, 1.165) is 18.9 Å². The van der Waals surface area contributed by atoms with Crippen LogP contribution in [0.4, 0.5) is 4.79 Å². The average molecular weight is 295 g/mol. The van der Waals surface area contributed by atoms with Crippen molar-refractivity contribution in [3.05, 3.63) is 12.7 Å². The third-order valence-electron chi connectivity index (χ3n) is 4.13. The summed E-state index contributed by atoms with van der Waals surface area (Å²) < 4.78 is 5.43. The van der Waals surface area contributed by atoms with Crippen LogP contribution < -0.4 is 0 Å². The number of allylic oxidation sites excluding steroid dienone is 1. The number of carbonyl (C=O) groups is 1. The molecule has 0 saturated heterocycles. The van der Waals surface area contributed by atoms with E-state index in [0.29, 0.717) is 5.92 Å². The van der Waals surface area contributed by atoms with Gasteiger partial charge in [-0.3, -0.25) is 0 Å². The topological polar surface area (TPSA) is 29.5 Å². The number of carbonyl (C=O) groups excluding carboxylic acids is 1. The van der Waals surface area contributed by atoms with Gasteiger partial charge < -0.3 is 9.64 Å². The van der Waals surface area contributed by atoms with Gasteiger partial charge in [0.15, 0.2) is 0 Å². The molecular weight excluding hydrogens is 262 g/mol. The van der Waals surface area contributed by atoms with E-state index in [4.69, 9.17) is 4.74 Å². The second-order valence-electron chi connectivity index (χ2n) is 7.49. The van der Waals surface area contributed by atoms with E-state index in [-0.39, 0.29) is 6.09 Å². The van der Waals surface area contributed by atoms with E-state index >= 15 is 0 Å². The van der Waals surface area contributed by atoms with Crippen LogP contribution in [0.3, 0.4) is 0 Å². The Bertz CT molecular complexity index is 327. The summed E-state index contributed by atoms with van der Waals surface area (Å²) in [6, 6.07) is 0. The van der Waals surface area contributed by atoms with Crippen LogP contribution in [-0.4, -0.2) is 30.2 Å². The minimum atomic E-state index is -0.428. The zero-order valence-corrected chi connectivity index (χ0v) is 14.4. The Kier molecular flexibility index (Phi) is 7.27. The van der Waals surface area contributed by atoms with Crippen molar-refractivity contribution in [2.24, 2.45) is 11.8 Å². The monoisotopic (exact) mass is 295 g/mol. The number of rotatable bonds is 6. The Morgan fingerprint density at radius 1 is 1.33 bits per heavy atom. The first-order valence-electron chi connectivity index (χ1n) is 8.37. The van der Waals surface area contributed by atoms with E-state index in [1.54, 1.807) is 4.90 Å². The zero-order chi connectivity index (χ0) is 15.9. The first kappa shape index (κ1) is 18.1. The highest BCUT2D eigenvalue weighted by molar-refractivity contribution is 5.67. The van der Waals surface area contributed by atoms with Crippen LogP contribution in [0.25, 0.3) is 0 Å². The van der Waals surface area contributed by atoms with Gasteiger partial charge in [0.25, 0.3) is 0 Å². The molecule has 1 saturated carbocycles. The fourth-order valence-electron chi connectivity index (χ4n) is 3.18. The van der Waals surface area contributed by atoms with Gasteiger partial charge in [0.1, 0.15) is 5.60 Å². The quantitative estimate of drug-likeness (QED) is 0.644. The van der Waals surface area contributed by atoms with Crippen molar-refractivity contribution >= 4 is 6.09 Å². The Balaban J connectivity index is 2.48. The molecule has 1 rings (SSSR count). The average Bonchev–Trinajstić information content (AvgIpc) is 2.38. The molecule has 0 radical (unpaired) electrons. The summed E-state index contributed by atoms with van der Waals surface area (Å²) in [6.07, 6.45) is 10.8. The summed E-state index contributed by atoms with van der Waals surface area (Å²) in [7, 11) is 1.84. The van der Waals surface area contributed by atoms with Gasteiger partial charge in [-0.05, 0) is 45.4 Å². The van der Waals surface area contributed by atoms with Crippen LogP contribution in [0.1, 0.15) is 65.7 Å². The number of hydrogen-bond donors (Lipinski definition) is 0. The summed E-state index contributed by atoms with van der Waals surface area (Å²) in [6.45, 7) is 10.3. The molecule has 0 N–H and O–H groups in total. The summed E-state index contributed by atoms with van der Waals surface area (Å²) in [5.74, 6) is 1.33. The lowest BCUT2D eigenvalue weighted by Gasteiger charge is -2.30. The molecule has 1 amide bonds. The molecule has 3 heteroatoms. The molecule has 1 atom stereocenters. The van der Waals surface area contributed by atoms with Crippen molar-refractivity contribution in [1.82, 2.24) is 4.90 Å². The lowest BCUT2D eigenvalue weighted by atomic mass is 9.82. The summed E-state index contributed by atoms with van der Waals surface area (Å²) >= 11 is 0. The minimum absolute atomic E-state index is 0.222. The molecule has 0 heterocycles. The zero-order valence-electron chi connectivity index (χ0n) is 14.4. The molecule has 0 aliphatic heterocycles. The predicted octanol–water partition coefficient (Wildman–Crippen LogP) is 5.02. The van der Waals surface area contributed by atoms with Crippen LogP contribution in [0.2, 0.25) is 0 Å². The maximum absolute atomic E-state index is 12.1. The number of amides is 1. The molecule has 0 aromatic rings. The maximum atomic E-state index is 12.1. The van der Waals surface area contributed by atoms with Crippen molar-refractivity contribution in [2.75, 3.05) is 13.6 Å². The van der Waals surface area contributed by atoms with Crippen molar-refractivity contribution in [3.63, 3.8) is 0 Å². The van der Waals surface area contributed by atoms with Crippen molar-refractivity contribution in [1.29, 1.82) is 0 Å². The number of ether oxygens (including phenoxy) is 1. The largest absolute Gasteiger partial charge is 0.444 e. The molecule has 0 aromatic carbocycles. The molecule has 1 fully saturated rings. The SMILES string of the molecule is C=CC[C@@H](CC1CCCCC1)CN(C)C(=O)OC(C)(C)C. The van der Waals surface area contributed by atoms with E-state index in [2.05, 4.69) is 6.58 Å². The molecule has 0 aromatic heterocycles. The van der Waals surface area contributed by atoms with Gasteiger partial charge in [-0.25, -0.2) is 4.79 Å². The number of hydrogen-bond acceptors (Lipinski definition) is 2. The molecule has 122 valence electrons.